The molecule has 1 unspecified atom stereocenters. The molecule has 0 amide bonds. The molecular formula is C20H32ClNO4. The minimum absolute atomic E-state index is 0. The van der Waals surface area contributed by atoms with Crippen LogP contribution in [0.25, 0.3) is 0 Å². The Morgan fingerprint density at radius 3 is 2.65 bits per heavy atom. The molecule has 5 nitrogen and oxygen atoms in total. The van der Waals surface area contributed by atoms with Crippen LogP contribution in [0, 0.1) is 0 Å². The predicted molar refractivity (Wildman–Crippen MR) is 105 cm³/mol. The van der Waals surface area contributed by atoms with Gasteiger partial charge in [0.05, 0.1) is 25.7 Å². The molecule has 26 heavy (non-hydrogen) atoms. The molecule has 1 N–H and O–H groups in total. The average molecular weight is 386 g/mol. The summed E-state index contributed by atoms with van der Waals surface area (Å²) in [5.41, 5.74) is 1.12. The Kier molecular flexibility index (Phi) is 11.3. The standard InChI is InChI=1S/C20H31NO4.ClH/c1-2-3-4-5-6-14-24-18-9-7-17(8-10-18)19-16-21(13-15-25-19)12-11-20(22)23;/h7-10,19H,2-6,11-16H2,1H3,(H,22,23);1H. The molecule has 0 spiro atoms. The van der Waals surface area contributed by atoms with Crippen LogP contribution in [0.1, 0.15) is 57.1 Å². The number of nitrogens with zero attached hydrogens (tertiary/aromatic N) is 1. The van der Waals surface area contributed by atoms with Gasteiger partial charge in [0.25, 0.3) is 0 Å². The van der Waals surface area contributed by atoms with Crippen molar-refractivity contribution in [2.75, 3.05) is 32.8 Å². The van der Waals surface area contributed by atoms with Crippen LogP contribution in [0.5, 0.6) is 5.75 Å². The average Bonchev–Trinajstić information content (AvgIpc) is 2.64. The monoisotopic (exact) mass is 385 g/mol. The third-order valence-electron chi connectivity index (χ3n) is 4.56. The summed E-state index contributed by atoms with van der Waals surface area (Å²) in [4.78, 5) is 12.9. The molecule has 1 saturated heterocycles. The molecule has 1 aliphatic heterocycles. The number of ether oxygens (including phenoxy) is 2. The number of benzene rings is 1. The first kappa shape index (κ1) is 22.7. The third-order valence-corrected chi connectivity index (χ3v) is 4.56. The molecule has 148 valence electrons. The van der Waals surface area contributed by atoms with Gasteiger partial charge in [-0.2, -0.15) is 0 Å². The predicted octanol–water partition coefficient (Wildman–Crippen LogP) is 4.31. The second kappa shape index (κ2) is 13.0. The van der Waals surface area contributed by atoms with Crippen molar-refractivity contribution in [1.29, 1.82) is 0 Å². The lowest BCUT2D eigenvalue weighted by Crippen LogP contribution is -2.39. The lowest BCUT2D eigenvalue weighted by atomic mass is 10.1. The van der Waals surface area contributed by atoms with Gasteiger partial charge >= 0.3 is 5.97 Å². The van der Waals surface area contributed by atoms with Crippen LogP contribution >= 0.6 is 12.4 Å². The van der Waals surface area contributed by atoms with Crippen molar-refractivity contribution in [1.82, 2.24) is 4.90 Å². The number of carboxylic acid groups (broad SMARTS) is 1. The van der Waals surface area contributed by atoms with Crippen LogP contribution in [0.2, 0.25) is 0 Å². The first-order chi connectivity index (χ1) is 12.2. The van der Waals surface area contributed by atoms with Gasteiger partial charge in [0.1, 0.15) is 5.75 Å². The molecule has 1 heterocycles. The Bertz CT molecular complexity index is 509. The van der Waals surface area contributed by atoms with Crippen LogP contribution < -0.4 is 4.74 Å². The van der Waals surface area contributed by atoms with E-state index in [4.69, 9.17) is 14.6 Å². The lowest BCUT2D eigenvalue weighted by Gasteiger charge is -2.32. The van der Waals surface area contributed by atoms with E-state index < -0.39 is 5.97 Å². The molecule has 1 aromatic rings. The van der Waals surface area contributed by atoms with E-state index >= 15 is 0 Å². The van der Waals surface area contributed by atoms with Crippen LogP contribution in [0.15, 0.2) is 24.3 Å². The first-order valence-corrected chi connectivity index (χ1v) is 9.47. The molecule has 0 saturated carbocycles. The molecule has 1 aromatic carbocycles. The number of hydrogen-bond acceptors (Lipinski definition) is 4. The number of morpholine rings is 1. The molecule has 0 aromatic heterocycles. The fraction of sp³-hybridized carbons (Fsp3) is 0.650. The van der Waals surface area contributed by atoms with E-state index in [9.17, 15) is 4.79 Å². The zero-order valence-electron chi connectivity index (χ0n) is 15.7. The normalized spacial score (nSPS) is 17.5. The molecule has 1 aliphatic rings. The summed E-state index contributed by atoms with van der Waals surface area (Å²) in [6.07, 6.45) is 6.37. The number of unbranched alkanes of at least 4 members (excludes halogenated alkanes) is 4. The van der Waals surface area contributed by atoms with Crippen LogP contribution in [-0.4, -0.2) is 48.8 Å². The molecule has 1 atom stereocenters. The van der Waals surface area contributed by atoms with Crippen molar-refractivity contribution in [3.05, 3.63) is 29.8 Å². The van der Waals surface area contributed by atoms with Crippen molar-refractivity contribution < 1.29 is 19.4 Å². The van der Waals surface area contributed by atoms with Crippen molar-refractivity contribution in [2.45, 2.75) is 51.6 Å². The number of halogens is 1. The van der Waals surface area contributed by atoms with Crippen LogP contribution in [0.4, 0.5) is 0 Å². The molecular weight excluding hydrogens is 354 g/mol. The minimum atomic E-state index is -0.751. The quantitative estimate of drug-likeness (QED) is 0.575. The van der Waals surface area contributed by atoms with Crippen molar-refractivity contribution in [3.8, 4) is 5.75 Å². The van der Waals surface area contributed by atoms with Gasteiger partial charge in [-0.15, -0.1) is 12.4 Å². The Labute approximate surface area is 163 Å². The topological polar surface area (TPSA) is 59.0 Å². The zero-order valence-corrected chi connectivity index (χ0v) is 16.5. The van der Waals surface area contributed by atoms with Gasteiger partial charge in [-0.05, 0) is 24.1 Å². The van der Waals surface area contributed by atoms with E-state index in [1.165, 1.54) is 25.7 Å². The number of carbonyl (C=O) groups is 1. The van der Waals surface area contributed by atoms with E-state index in [-0.39, 0.29) is 24.9 Å². The van der Waals surface area contributed by atoms with Crippen molar-refractivity contribution in [3.63, 3.8) is 0 Å². The Morgan fingerprint density at radius 2 is 1.96 bits per heavy atom. The molecule has 0 radical (unpaired) electrons. The number of rotatable bonds is 11. The highest BCUT2D eigenvalue weighted by molar-refractivity contribution is 5.85. The first-order valence-electron chi connectivity index (χ1n) is 9.47. The van der Waals surface area contributed by atoms with Gasteiger partial charge in [0, 0.05) is 19.6 Å². The Balaban J connectivity index is 0.00000338. The maximum absolute atomic E-state index is 10.7. The lowest BCUT2D eigenvalue weighted by molar-refractivity contribution is -0.137. The summed E-state index contributed by atoms with van der Waals surface area (Å²) in [5.74, 6) is 0.150. The smallest absolute Gasteiger partial charge is 0.304 e. The minimum Gasteiger partial charge on any atom is -0.494 e. The summed E-state index contributed by atoms with van der Waals surface area (Å²) >= 11 is 0. The molecule has 0 aliphatic carbocycles. The largest absolute Gasteiger partial charge is 0.494 e. The SMILES string of the molecule is CCCCCCCOc1ccc(C2CN(CCC(=O)O)CCO2)cc1.Cl. The summed E-state index contributed by atoms with van der Waals surface area (Å²) < 4.78 is 11.6. The Morgan fingerprint density at radius 1 is 1.23 bits per heavy atom. The van der Waals surface area contributed by atoms with Gasteiger partial charge in [-0.3, -0.25) is 9.69 Å². The number of hydrogen-bond donors (Lipinski definition) is 1. The molecule has 2 rings (SSSR count). The maximum Gasteiger partial charge on any atom is 0.304 e. The summed E-state index contributed by atoms with van der Waals surface area (Å²) in [6.45, 7) is 5.74. The van der Waals surface area contributed by atoms with Gasteiger partial charge in [-0.25, -0.2) is 0 Å². The van der Waals surface area contributed by atoms with Gasteiger partial charge in [0.2, 0.25) is 0 Å². The highest BCUT2D eigenvalue weighted by Gasteiger charge is 2.22. The second-order valence-electron chi connectivity index (χ2n) is 6.64. The van der Waals surface area contributed by atoms with Crippen molar-refractivity contribution >= 4 is 18.4 Å². The van der Waals surface area contributed by atoms with Crippen molar-refractivity contribution in [2.24, 2.45) is 0 Å². The maximum atomic E-state index is 10.7. The molecule has 0 bridgehead atoms. The van der Waals surface area contributed by atoms with Crippen LogP contribution in [-0.2, 0) is 9.53 Å². The fourth-order valence-corrected chi connectivity index (χ4v) is 3.04. The van der Waals surface area contributed by atoms with Crippen LogP contribution in [0.3, 0.4) is 0 Å². The number of carboxylic acids is 1. The molecule has 1 fully saturated rings. The Hall–Kier alpha value is -1.30. The molecule has 6 heteroatoms. The van der Waals surface area contributed by atoms with E-state index in [0.29, 0.717) is 13.2 Å². The van der Waals surface area contributed by atoms with Gasteiger partial charge in [-0.1, -0.05) is 44.7 Å². The van der Waals surface area contributed by atoms with E-state index in [0.717, 1.165) is 37.4 Å². The number of aliphatic carboxylic acids is 1. The summed E-state index contributed by atoms with van der Waals surface area (Å²) in [7, 11) is 0. The third kappa shape index (κ3) is 8.39. The van der Waals surface area contributed by atoms with E-state index in [2.05, 4.69) is 24.0 Å². The van der Waals surface area contributed by atoms with Gasteiger partial charge < -0.3 is 14.6 Å². The van der Waals surface area contributed by atoms with Gasteiger partial charge in [0.15, 0.2) is 0 Å². The highest BCUT2D eigenvalue weighted by atomic mass is 35.5. The van der Waals surface area contributed by atoms with E-state index in [1.807, 2.05) is 12.1 Å². The summed E-state index contributed by atoms with van der Waals surface area (Å²) in [6, 6.07) is 8.11. The second-order valence-corrected chi connectivity index (χ2v) is 6.64. The van der Waals surface area contributed by atoms with E-state index in [1.54, 1.807) is 0 Å². The zero-order chi connectivity index (χ0) is 17.9. The summed E-state index contributed by atoms with van der Waals surface area (Å²) in [5, 5.41) is 8.82. The fourth-order valence-electron chi connectivity index (χ4n) is 3.04. The highest BCUT2D eigenvalue weighted by Crippen LogP contribution is 2.24.